The van der Waals surface area contributed by atoms with Crippen molar-refractivity contribution in [2.45, 2.75) is 13.3 Å². The van der Waals surface area contributed by atoms with Crippen LogP contribution in [0.15, 0.2) is 24.4 Å². The normalized spacial score (nSPS) is 11.1. The maximum absolute atomic E-state index is 11.1. The molecule has 0 saturated carbocycles. The van der Waals surface area contributed by atoms with Gasteiger partial charge in [-0.25, -0.2) is 9.48 Å². The minimum atomic E-state index is -0.971. The third-order valence-corrected chi connectivity index (χ3v) is 3.14. The lowest BCUT2D eigenvalue weighted by molar-refractivity contribution is 0.0697. The molecule has 0 bridgehead atoms. The molecule has 20 heavy (non-hydrogen) atoms. The van der Waals surface area contributed by atoms with Crippen LogP contribution in [0.4, 0.5) is 0 Å². The van der Waals surface area contributed by atoms with Crippen LogP contribution in [0.3, 0.4) is 0 Å². The van der Waals surface area contributed by atoms with Crippen LogP contribution in [0.5, 0.6) is 0 Å². The molecule has 0 spiro atoms. The lowest BCUT2D eigenvalue weighted by Crippen LogP contribution is -2.00. The summed E-state index contributed by atoms with van der Waals surface area (Å²) in [5.74, 6) is -0.971. The van der Waals surface area contributed by atoms with Gasteiger partial charge in [-0.15, -0.1) is 5.10 Å². The van der Waals surface area contributed by atoms with Gasteiger partial charge in [0.2, 0.25) is 0 Å². The minimum Gasteiger partial charge on any atom is -0.478 e. The number of aryl methyl sites for hydroxylation is 2. The number of aromatic nitrogens is 5. The zero-order chi connectivity index (χ0) is 14.3. The number of rotatable bonds is 3. The van der Waals surface area contributed by atoms with E-state index in [4.69, 9.17) is 5.11 Å². The summed E-state index contributed by atoms with van der Waals surface area (Å²) in [6, 6.07) is 4.75. The second-order valence-electron chi connectivity index (χ2n) is 4.50. The van der Waals surface area contributed by atoms with E-state index in [0.717, 1.165) is 17.8 Å². The van der Waals surface area contributed by atoms with Crippen molar-refractivity contribution < 1.29 is 9.90 Å². The summed E-state index contributed by atoms with van der Waals surface area (Å²) < 4.78 is 3.34. The van der Waals surface area contributed by atoms with Crippen LogP contribution in [0.2, 0.25) is 0 Å². The first-order chi connectivity index (χ1) is 9.60. The predicted octanol–water partition coefficient (Wildman–Crippen LogP) is 1.41. The topological polar surface area (TPSA) is 85.8 Å². The van der Waals surface area contributed by atoms with Crippen molar-refractivity contribution >= 4 is 17.0 Å². The van der Waals surface area contributed by atoms with E-state index in [1.807, 2.05) is 20.2 Å². The monoisotopic (exact) mass is 271 g/mol. The molecule has 3 rings (SSSR count). The van der Waals surface area contributed by atoms with Gasteiger partial charge in [0.05, 0.1) is 23.0 Å². The number of benzene rings is 1. The van der Waals surface area contributed by atoms with Crippen molar-refractivity contribution in [2.24, 2.45) is 7.05 Å². The highest BCUT2D eigenvalue weighted by molar-refractivity contribution is 5.92. The van der Waals surface area contributed by atoms with E-state index in [-0.39, 0.29) is 5.56 Å². The fraction of sp³-hybridized carbons (Fsp3) is 0.231. The Hall–Kier alpha value is -2.70. The fourth-order valence-electron chi connectivity index (χ4n) is 2.18. The van der Waals surface area contributed by atoms with Gasteiger partial charge < -0.3 is 5.11 Å². The van der Waals surface area contributed by atoms with E-state index < -0.39 is 5.97 Å². The first-order valence-corrected chi connectivity index (χ1v) is 6.21. The summed E-state index contributed by atoms with van der Waals surface area (Å²) in [6.07, 6.45) is 2.61. The molecule has 0 fully saturated rings. The molecule has 1 N–H and O–H groups in total. The summed E-state index contributed by atoms with van der Waals surface area (Å²) in [7, 11) is 1.84. The van der Waals surface area contributed by atoms with Crippen molar-refractivity contribution in [2.75, 3.05) is 0 Å². The molecule has 0 amide bonds. The fourth-order valence-corrected chi connectivity index (χ4v) is 2.18. The van der Waals surface area contributed by atoms with Crippen molar-refractivity contribution in [1.29, 1.82) is 0 Å². The second-order valence-corrected chi connectivity index (χ2v) is 4.50. The largest absolute Gasteiger partial charge is 0.478 e. The standard InChI is InChI=1S/C13H13N5O2/c1-3-9-12(7-17(2)15-9)18-11-6-8(13(19)20)4-5-10(11)14-16-18/h4-7H,3H2,1-2H3,(H,19,20). The van der Waals surface area contributed by atoms with E-state index in [2.05, 4.69) is 15.4 Å². The average Bonchev–Trinajstić information content (AvgIpc) is 3.00. The second kappa shape index (κ2) is 4.44. The van der Waals surface area contributed by atoms with Gasteiger partial charge in [0.15, 0.2) is 0 Å². The van der Waals surface area contributed by atoms with Crippen molar-refractivity contribution in [1.82, 2.24) is 24.8 Å². The van der Waals surface area contributed by atoms with Gasteiger partial charge in [0.1, 0.15) is 11.2 Å². The number of carboxylic acid groups (broad SMARTS) is 1. The molecule has 2 aromatic heterocycles. The van der Waals surface area contributed by atoms with Crippen LogP contribution in [0.1, 0.15) is 23.0 Å². The zero-order valence-corrected chi connectivity index (χ0v) is 11.1. The lowest BCUT2D eigenvalue weighted by atomic mass is 10.2. The highest BCUT2D eigenvalue weighted by Gasteiger charge is 2.14. The van der Waals surface area contributed by atoms with E-state index in [1.54, 1.807) is 21.5 Å². The number of hydrogen-bond donors (Lipinski definition) is 1. The van der Waals surface area contributed by atoms with Crippen LogP contribution < -0.4 is 0 Å². The number of carboxylic acids is 1. The molecule has 0 unspecified atom stereocenters. The molecule has 2 heterocycles. The van der Waals surface area contributed by atoms with Gasteiger partial charge in [-0.3, -0.25) is 4.68 Å². The maximum Gasteiger partial charge on any atom is 0.335 e. The summed E-state index contributed by atoms with van der Waals surface area (Å²) in [6.45, 7) is 2.01. The van der Waals surface area contributed by atoms with E-state index in [0.29, 0.717) is 11.0 Å². The van der Waals surface area contributed by atoms with Crippen LogP contribution in [0, 0.1) is 0 Å². The van der Waals surface area contributed by atoms with E-state index in [9.17, 15) is 4.79 Å². The average molecular weight is 271 g/mol. The molecule has 0 saturated heterocycles. The molecule has 0 aliphatic heterocycles. The van der Waals surface area contributed by atoms with Crippen molar-refractivity contribution in [3.05, 3.63) is 35.7 Å². The van der Waals surface area contributed by atoms with Crippen molar-refractivity contribution in [3.63, 3.8) is 0 Å². The Labute approximate surface area is 114 Å². The van der Waals surface area contributed by atoms with Gasteiger partial charge in [0.25, 0.3) is 0 Å². The Morgan fingerprint density at radius 2 is 2.20 bits per heavy atom. The molecule has 0 aliphatic carbocycles. The molecule has 0 aliphatic rings. The first kappa shape index (κ1) is 12.3. The van der Waals surface area contributed by atoms with Crippen LogP contribution in [-0.4, -0.2) is 35.9 Å². The molecule has 1 aromatic carbocycles. The highest BCUT2D eigenvalue weighted by Crippen LogP contribution is 2.20. The molecule has 102 valence electrons. The third kappa shape index (κ3) is 1.83. The third-order valence-electron chi connectivity index (χ3n) is 3.14. The van der Waals surface area contributed by atoms with Gasteiger partial charge in [-0.2, -0.15) is 5.10 Å². The number of hydrogen-bond acceptors (Lipinski definition) is 4. The Morgan fingerprint density at radius 1 is 1.40 bits per heavy atom. The molecule has 0 radical (unpaired) electrons. The summed E-state index contributed by atoms with van der Waals surface area (Å²) in [4.78, 5) is 11.1. The maximum atomic E-state index is 11.1. The van der Waals surface area contributed by atoms with Crippen molar-refractivity contribution in [3.8, 4) is 5.69 Å². The quantitative estimate of drug-likeness (QED) is 0.778. The zero-order valence-electron chi connectivity index (χ0n) is 11.1. The SMILES string of the molecule is CCc1nn(C)cc1-n1nnc2ccc(C(=O)O)cc21. The van der Waals surface area contributed by atoms with E-state index >= 15 is 0 Å². The summed E-state index contributed by atoms with van der Waals surface area (Å²) >= 11 is 0. The van der Waals surface area contributed by atoms with Gasteiger partial charge in [-0.1, -0.05) is 12.1 Å². The molecular formula is C13H13N5O2. The number of nitrogens with zero attached hydrogens (tertiary/aromatic N) is 5. The van der Waals surface area contributed by atoms with Gasteiger partial charge >= 0.3 is 5.97 Å². The molecular weight excluding hydrogens is 258 g/mol. The Bertz CT molecular complexity index is 802. The summed E-state index contributed by atoms with van der Waals surface area (Å²) in [5.41, 5.74) is 3.23. The number of fused-ring (bicyclic) bond motifs is 1. The predicted molar refractivity (Wildman–Crippen MR) is 72.0 cm³/mol. The van der Waals surface area contributed by atoms with E-state index in [1.165, 1.54) is 6.07 Å². The minimum absolute atomic E-state index is 0.211. The summed E-state index contributed by atoms with van der Waals surface area (Å²) in [5, 5.41) is 21.6. The number of carbonyl (C=O) groups is 1. The number of aromatic carboxylic acids is 1. The van der Waals surface area contributed by atoms with Gasteiger partial charge in [-0.05, 0) is 24.6 Å². The first-order valence-electron chi connectivity index (χ1n) is 6.21. The van der Waals surface area contributed by atoms with Crippen LogP contribution in [0.25, 0.3) is 16.7 Å². The van der Waals surface area contributed by atoms with Crippen LogP contribution in [-0.2, 0) is 13.5 Å². The molecule has 0 atom stereocenters. The Kier molecular flexibility index (Phi) is 2.74. The van der Waals surface area contributed by atoms with Gasteiger partial charge in [0, 0.05) is 7.05 Å². The molecule has 7 heteroatoms. The van der Waals surface area contributed by atoms with Crippen LogP contribution >= 0.6 is 0 Å². The Morgan fingerprint density at radius 3 is 2.90 bits per heavy atom. The Balaban J connectivity index is 2.25. The smallest absolute Gasteiger partial charge is 0.335 e. The highest BCUT2D eigenvalue weighted by atomic mass is 16.4. The lowest BCUT2D eigenvalue weighted by Gasteiger charge is -2.01. The molecule has 3 aromatic rings. The molecule has 7 nitrogen and oxygen atoms in total.